The van der Waals surface area contributed by atoms with E-state index in [4.69, 9.17) is 5.11 Å². The molecular formula is C10H17N3O4. The van der Waals surface area contributed by atoms with Crippen molar-refractivity contribution in [3.63, 3.8) is 0 Å². The van der Waals surface area contributed by atoms with Crippen molar-refractivity contribution in [2.45, 2.75) is 6.92 Å². The van der Waals surface area contributed by atoms with Crippen LogP contribution in [0.25, 0.3) is 0 Å². The van der Waals surface area contributed by atoms with Gasteiger partial charge in [-0.2, -0.15) is 0 Å². The third kappa shape index (κ3) is 3.33. The number of carboxylic acid groups (broad SMARTS) is 1. The van der Waals surface area contributed by atoms with E-state index in [1.165, 1.54) is 11.9 Å². The Balaban J connectivity index is 2.45. The molecule has 0 saturated carbocycles. The summed E-state index contributed by atoms with van der Waals surface area (Å²) in [7, 11) is 1.48. The van der Waals surface area contributed by atoms with Crippen molar-refractivity contribution >= 4 is 17.9 Å². The number of nitrogens with one attached hydrogen (secondary N) is 2. The lowest BCUT2D eigenvalue weighted by Crippen LogP contribution is -2.43. The first-order valence-electron chi connectivity index (χ1n) is 5.42. The van der Waals surface area contributed by atoms with Gasteiger partial charge in [-0.05, 0) is 5.92 Å². The standard InChI is InChI=1S/C10H17N3O4/c1-6-4-13(5-7(6)9(15)16)10(17)12-3-8(14)11-2/h6-7H,3-5H2,1-2H3,(H,11,14)(H,12,17)(H,15,16)/t6-,7-/m1/s1. The van der Waals surface area contributed by atoms with Crippen LogP contribution in [0, 0.1) is 11.8 Å². The van der Waals surface area contributed by atoms with Crippen LogP contribution in [0.5, 0.6) is 0 Å². The van der Waals surface area contributed by atoms with Gasteiger partial charge in [-0.15, -0.1) is 0 Å². The van der Waals surface area contributed by atoms with Gasteiger partial charge in [0, 0.05) is 20.1 Å². The van der Waals surface area contributed by atoms with Gasteiger partial charge in [0.1, 0.15) is 0 Å². The lowest BCUT2D eigenvalue weighted by molar-refractivity contribution is -0.142. The maximum atomic E-state index is 11.6. The zero-order valence-electron chi connectivity index (χ0n) is 9.90. The van der Waals surface area contributed by atoms with Gasteiger partial charge in [-0.3, -0.25) is 9.59 Å². The van der Waals surface area contributed by atoms with Crippen molar-refractivity contribution < 1.29 is 19.5 Å². The summed E-state index contributed by atoms with van der Waals surface area (Å²) < 4.78 is 0. The molecule has 1 fully saturated rings. The lowest BCUT2D eigenvalue weighted by atomic mass is 9.99. The normalized spacial score (nSPS) is 23.3. The second-order valence-electron chi connectivity index (χ2n) is 4.16. The predicted molar refractivity (Wildman–Crippen MR) is 59.3 cm³/mol. The third-order valence-electron chi connectivity index (χ3n) is 2.90. The highest BCUT2D eigenvalue weighted by Gasteiger charge is 2.36. The fraction of sp³-hybridized carbons (Fsp3) is 0.700. The molecular weight excluding hydrogens is 226 g/mol. The van der Waals surface area contributed by atoms with Gasteiger partial charge in [0.15, 0.2) is 0 Å². The van der Waals surface area contributed by atoms with Gasteiger partial charge in [-0.25, -0.2) is 4.79 Å². The van der Waals surface area contributed by atoms with Gasteiger partial charge in [0.2, 0.25) is 5.91 Å². The van der Waals surface area contributed by atoms with Crippen LogP contribution in [-0.4, -0.2) is 54.6 Å². The van der Waals surface area contributed by atoms with E-state index < -0.39 is 17.9 Å². The summed E-state index contributed by atoms with van der Waals surface area (Å²) in [6.45, 7) is 2.29. The molecule has 0 radical (unpaired) electrons. The number of carbonyl (C=O) groups excluding carboxylic acids is 2. The van der Waals surface area contributed by atoms with Crippen molar-refractivity contribution in [2.75, 3.05) is 26.7 Å². The van der Waals surface area contributed by atoms with E-state index in [2.05, 4.69) is 10.6 Å². The van der Waals surface area contributed by atoms with Gasteiger partial charge >= 0.3 is 12.0 Å². The van der Waals surface area contributed by atoms with Crippen molar-refractivity contribution in [2.24, 2.45) is 11.8 Å². The first-order valence-corrected chi connectivity index (χ1v) is 5.42. The summed E-state index contributed by atoms with van der Waals surface area (Å²) in [5.74, 6) is -1.78. The Morgan fingerprint density at radius 3 is 2.47 bits per heavy atom. The van der Waals surface area contributed by atoms with Crippen molar-refractivity contribution in [3.05, 3.63) is 0 Å². The molecule has 1 heterocycles. The molecule has 1 rings (SSSR count). The Labute approximate surface area is 99.2 Å². The third-order valence-corrected chi connectivity index (χ3v) is 2.90. The van der Waals surface area contributed by atoms with Crippen LogP contribution >= 0.6 is 0 Å². The van der Waals surface area contributed by atoms with E-state index >= 15 is 0 Å². The van der Waals surface area contributed by atoms with E-state index in [1.54, 1.807) is 6.92 Å². The van der Waals surface area contributed by atoms with Crippen molar-refractivity contribution in [3.8, 4) is 0 Å². The molecule has 1 saturated heterocycles. The maximum absolute atomic E-state index is 11.6. The van der Waals surface area contributed by atoms with E-state index in [0.717, 1.165) is 0 Å². The first kappa shape index (κ1) is 13.3. The second kappa shape index (κ2) is 5.51. The summed E-state index contributed by atoms with van der Waals surface area (Å²) in [5.41, 5.74) is 0. The summed E-state index contributed by atoms with van der Waals surface area (Å²) in [6.07, 6.45) is 0. The fourth-order valence-electron chi connectivity index (χ4n) is 1.81. The summed E-state index contributed by atoms with van der Waals surface area (Å²) in [6, 6.07) is -0.399. The van der Waals surface area contributed by atoms with Crippen LogP contribution in [0.2, 0.25) is 0 Å². The van der Waals surface area contributed by atoms with E-state index in [9.17, 15) is 14.4 Å². The predicted octanol–water partition coefficient (Wildman–Crippen LogP) is -0.905. The highest BCUT2D eigenvalue weighted by molar-refractivity contribution is 5.84. The maximum Gasteiger partial charge on any atom is 0.317 e. The quantitative estimate of drug-likeness (QED) is 0.598. The van der Waals surface area contributed by atoms with Crippen LogP contribution in [-0.2, 0) is 9.59 Å². The molecule has 3 amide bonds. The molecule has 0 spiro atoms. The van der Waals surface area contributed by atoms with Gasteiger partial charge in [-0.1, -0.05) is 6.92 Å². The minimum Gasteiger partial charge on any atom is -0.481 e. The number of amides is 3. The molecule has 0 aromatic rings. The lowest BCUT2D eigenvalue weighted by Gasteiger charge is -2.16. The zero-order chi connectivity index (χ0) is 13.0. The number of aliphatic carboxylic acids is 1. The van der Waals surface area contributed by atoms with Crippen LogP contribution in [0.15, 0.2) is 0 Å². The molecule has 2 atom stereocenters. The molecule has 1 aliphatic rings. The Kier molecular flexibility index (Phi) is 4.30. The van der Waals surface area contributed by atoms with Gasteiger partial charge in [0.25, 0.3) is 0 Å². The molecule has 0 aliphatic carbocycles. The molecule has 96 valence electrons. The SMILES string of the molecule is CNC(=O)CNC(=O)N1C[C@@H](C)[C@H](C(=O)O)C1. The Hall–Kier alpha value is -1.79. The number of likely N-dealkylation sites (N-methyl/N-ethyl adjacent to an activating group) is 1. The van der Waals surface area contributed by atoms with Gasteiger partial charge < -0.3 is 20.6 Å². The van der Waals surface area contributed by atoms with E-state index in [0.29, 0.717) is 6.54 Å². The minimum atomic E-state index is -0.890. The molecule has 0 aromatic carbocycles. The van der Waals surface area contributed by atoms with E-state index in [-0.39, 0.29) is 24.9 Å². The van der Waals surface area contributed by atoms with Crippen LogP contribution in [0.4, 0.5) is 4.79 Å². The Bertz CT molecular complexity index is 332. The first-order chi connectivity index (χ1) is 7.95. The molecule has 0 aromatic heterocycles. The summed E-state index contributed by atoms with van der Waals surface area (Å²) >= 11 is 0. The van der Waals surface area contributed by atoms with Crippen LogP contribution < -0.4 is 10.6 Å². The molecule has 17 heavy (non-hydrogen) atoms. The highest BCUT2D eigenvalue weighted by Crippen LogP contribution is 2.22. The fourth-order valence-corrected chi connectivity index (χ4v) is 1.81. The zero-order valence-corrected chi connectivity index (χ0v) is 9.90. The number of urea groups is 1. The topological polar surface area (TPSA) is 98.7 Å². The molecule has 7 nitrogen and oxygen atoms in total. The number of carbonyl (C=O) groups is 3. The summed E-state index contributed by atoms with van der Waals surface area (Å²) in [4.78, 5) is 34.8. The molecule has 0 unspecified atom stereocenters. The van der Waals surface area contributed by atoms with Gasteiger partial charge in [0.05, 0.1) is 12.5 Å². The molecule has 7 heteroatoms. The largest absolute Gasteiger partial charge is 0.481 e. The molecule has 3 N–H and O–H groups in total. The molecule has 0 bridgehead atoms. The number of nitrogens with zero attached hydrogens (tertiary/aromatic N) is 1. The average Bonchev–Trinajstić information content (AvgIpc) is 2.67. The second-order valence-corrected chi connectivity index (χ2v) is 4.16. The van der Waals surface area contributed by atoms with Crippen LogP contribution in [0.1, 0.15) is 6.92 Å². The number of carboxylic acids is 1. The van der Waals surface area contributed by atoms with Crippen molar-refractivity contribution in [1.29, 1.82) is 0 Å². The smallest absolute Gasteiger partial charge is 0.317 e. The minimum absolute atomic E-state index is 0.0711. The number of likely N-dealkylation sites (tertiary alicyclic amines) is 1. The van der Waals surface area contributed by atoms with Crippen molar-refractivity contribution in [1.82, 2.24) is 15.5 Å². The summed E-state index contributed by atoms with van der Waals surface area (Å²) in [5, 5.41) is 13.7. The number of rotatable bonds is 3. The Morgan fingerprint density at radius 1 is 1.35 bits per heavy atom. The molecule has 1 aliphatic heterocycles. The Morgan fingerprint density at radius 2 is 2.00 bits per heavy atom. The van der Waals surface area contributed by atoms with E-state index in [1.807, 2.05) is 0 Å². The average molecular weight is 243 g/mol. The number of hydrogen-bond acceptors (Lipinski definition) is 3. The van der Waals surface area contributed by atoms with Crippen LogP contribution in [0.3, 0.4) is 0 Å². The highest BCUT2D eigenvalue weighted by atomic mass is 16.4. The number of hydrogen-bond donors (Lipinski definition) is 3. The monoisotopic (exact) mass is 243 g/mol.